The second-order valence-corrected chi connectivity index (χ2v) is 4.85. The zero-order valence-corrected chi connectivity index (χ0v) is 10.1. The zero-order valence-electron chi connectivity index (χ0n) is 9.23. The van der Waals surface area contributed by atoms with E-state index in [1.54, 1.807) is 4.67 Å². The second kappa shape index (κ2) is 7.37. The molecule has 0 aliphatic carbocycles. The van der Waals surface area contributed by atoms with Crippen LogP contribution >= 0.6 is 7.75 Å². The van der Waals surface area contributed by atoms with E-state index in [2.05, 4.69) is 4.62 Å². The van der Waals surface area contributed by atoms with Crippen LogP contribution in [0.4, 0.5) is 0 Å². The van der Waals surface area contributed by atoms with Gasteiger partial charge in [0.15, 0.2) is 0 Å². The van der Waals surface area contributed by atoms with Gasteiger partial charge in [-0.15, -0.1) is 0 Å². The first kappa shape index (κ1) is 14.1. The Morgan fingerprint density at radius 1 is 1.21 bits per heavy atom. The van der Waals surface area contributed by atoms with Crippen molar-refractivity contribution < 1.29 is 13.7 Å². The van der Waals surface area contributed by atoms with Gasteiger partial charge in [0, 0.05) is 20.2 Å². The lowest BCUT2D eigenvalue weighted by atomic mass is 10.2. The van der Waals surface area contributed by atoms with Gasteiger partial charge in [-0.3, -0.25) is 4.52 Å². The van der Waals surface area contributed by atoms with E-state index in [-0.39, 0.29) is 0 Å². The van der Waals surface area contributed by atoms with E-state index in [1.165, 1.54) is 13.5 Å². The number of hydrogen-bond donors (Lipinski definition) is 1. The van der Waals surface area contributed by atoms with Gasteiger partial charge in [-0.2, -0.15) is 0 Å². The van der Waals surface area contributed by atoms with Crippen molar-refractivity contribution in [2.45, 2.75) is 33.1 Å². The monoisotopic (exact) mass is 224 g/mol. The Balaban J connectivity index is 0.000000791. The molecule has 86 valence electrons. The van der Waals surface area contributed by atoms with Gasteiger partial charge >= 0.3 is 7.75 Å². The maximum Gasteiger partial charge on any atom is 0.424 e. The third kappa shape index (κ3) is 3.67. The number of hydrogen-bond acceptors (Lipinski definition) is 4. The molecule has 5 nitrogen and oxygen atoms in total. The quantitative estimate of drug-likeness (QED) is 0.587. The molecule has 6 heteroatoms. The maximum absolute atomic E-state index is 11.7. The van der Waals surface area contributed by atoms with E-state index in [0.717, 1.165) is 25.9 Å². The van der Waals surface area contributed by atoms with Gasteiger partial charge in [-0.25, -0.2) is 19.8 Å². The lowest BCUT2D eigenvalue weighted by Gasteiger charge is -2.30. The SMILES string of the molecule is CC.COP(=O)(ON)N1CCCCC1. The molecule has 14 heavy (non-hydrogen) atoms. The highest BCUT2D eigenvalue weighted by Gasteiger charge is 2.32. The summed E-state index contributed by atoms with van der Waals surface area (Å²) in [6.45, 7) is 5.48. The van der Waals surface area contributed by atoms with E-state index in [0.29, 0.717) is 0 Å². The maximum atomic E-state index is 11.7. The molecular weight excluding hydrogens is 203 g/mol. The molecule has 0 bridgehead atoms. The molecule has 0 aromatic carbocycles. The van der Waals surface area contributed by atoms with Gasteiger partial charge in [-0.05, 0) is 12.8 Å². The molecule has 0 aromatic heterocycles. The van der Waals surface area contributed by atoms with Crippen LogP contribution in [-0.2, 0) is 13.7 Å². The highest BCUT2D eigenvalue weighted by molar-refractivity contribution is 7.51. The van der Waals surface area contributed by atoms with E-state index >= 15 is 0 Å². The van der Waals surface area contributed by atoms with Crippen molar-refractivity contribution in [2.24, 2.45) is 5.90 Å². The lowest BCUT2D eigenvalue weighted by molar-refractivity contribution is 0.170. The van der Waals surface area contributed by atoms with Crippen LogP contribution in [0, 0.1) is 0 Å². The predicted molar refractivity (Wildman–Crippen MR) is 56.7 cm³/mol. The Labute approximate surface area is 86.1 Å². The molecule has 1 aliphatic heterocycles. The third-order valence-electron chi connectivity index (χ3n) is 2.04. The first-order valence-corrected chi connectivity index (χ1v) is 6.52. The molecule has 1 rings (SSSR count). The van der Waals surface area contributed by atoms with Crippen molar-refractivity contribution in [1.29, 1.82) is 0 Å². The average molecular weight is 224 g/mol. The van der Waals surface area contributed by atoms with Gasteiger partial charge in [0.1, 0.15) is 0 Å². The first-order chi connectivity index (χ1) is 6.73. The Bertz CT molecular complexity index is 175. The fraction of sp³-hybridized carbons (Fsp3) is 1.00. The van der Waals surface area contributed by atoms with Crippen LogP contribution in [0.25, 0.3) is 0 Å². The van der Waals surface area contributed by atoms with E-state index in [4.69, 9.17) is 10.4 Å². The summed E-state index contributed by atoms with van der Waals surface area (Å²) in [4.78, 5) is 0. The Morgan fingerprint density at radius 3 is 2.07 bits per heavy atom. The van der Waals surface area contributed by atoms with Gasteiger partial charge in [0.2, 0.25) is 0 Å². The van der Waals surface area contributed by atoms with Crippen molar-refractivity contribution in [3.05, 3.63) is 0 Å². The second-order valence-electron chi connectivity index (χ2n) is 2.77. The fourth-order valence-electron chi connectivity index (χ4n) is 1.35. The molecule has 1 atom stereocenters. The van der Waals surface area contributed by atoms with E-state index in [1.807, 2.05) is 13.8 Å². The molecule has 0 spiro atoms. The number of piperidine rings is 1. The minimum Gasteiger partial charge on any atom is -0.299 e. The van der Waals surface area contributed by atoms with Gasteiger partial charge in [0.25, 0.3) is 0 Å². The molecule has 0 radical (unpaired) electrons. The smallest absolute Gasteiger partial charge is 0.299 e. The summed E-state index contributed by atoms with van der Waals surface area (Å²) in [7, 11) is -1.80. The van der Waals surface area contributed by atoms with Crippen LogP contribution in [-0.4, -0.2) is 24.9 Å². The van der Waals surface area contributed by atoms with Crippen LogP contribution in [0.15, 0.2) is 0 Å². The normalized spacial score (nSPS) is 22.0. The molecule has 1 aliphatic rings. The Morgan fingerprint density at radius 2 is 1.71 bits per heavy atom. The van der Waals surface area contributed by atoms with Crippen molar-refractivity contribution >= 4 is 7.75 Å². The standard InChI is InChI=1S/C6H15N2O3P.C2H6/c1-10-12(9,11-7)8-5-3-2-4-6-8;1-2/h2-7H2,1H3;1-2H3. The minimum absolute atomic E-state index is 0.738. The van der Waals surface area contributed by atoms with Crippen molar-refractivity contribution in [2.75, 3.05) is 20.2 Å². The number of rotatable bonds is 3. The van der Waals surface area contributed by atoms with Crippen LogP contribution < -0.4 is 5.90 Å². The Kier molecular flexibility index (Phi) is 7.41. The summed E-state index contributed by atoms with van der Waals surface area (Å²) in [6.07, 6.45) is 3.22. The van der Waals surface area contributed by atoms with Gasteiger partial charge in [-0.1, -0.05) is 20.3 Å². The zero-order chi connectivity index (χ0) is 11.0. The predicted octanol–water partition coefficient (Wildman–Crippen LogP) is 2.14. The molecule has 1 heterocycles. The largest absolute Gasteiger partial charge is 0.424 e. The summed E-state index contributed by atoms with van der Waals surface area (Å²) < 4.78 is 22.5. The number of nitrogens with two attached hydrogens (primary N) is 1. The summed E-state index contributed by atoms with van der Waals surface area (Å²) in [5.41, 5.74) is 0. The van der Waals surface area contributed by atoms with Crippen molar-refractivity contribution in [1.82, 2.24) is 4.67 Å². The molecule has 2 N–H and O–H groups in total. The van der Waals surface area contributed by atoms with Gasteiger partial charge < -0.3 is 0 Å². The summed E-state index contributed by atoms with van der Waals surface area (Å²) in [5.74, 6) is 4.92. The third-order valence-corrected chi connectivity index (χ3v) is 3.86. The van der Waals surface area contributed by atoms with Crippen LogP contribution in [0.3, 0.4) is 0 Å². The molecule has 0 amide bonds. The van der Waals surface area contributed by atoms with Crippen molar-refractivity contribution in [3.8, 4) is 0 Å². The van der Waals surface area contributed by atoms with Crippen molar-refractivity contribution in [3.63, 3.8) is 0 Å². The van der Waals surface area contributed by atoms with Crippen LogP contribution in [0.2, 0.25) is 0 Å². The van der Waals surface area contributed by atoms with Crippen LogP contribution in [0.1, 0.15) is 33.1 Å². The van der Waals surface area contributed by atoms with E-state index in [9.17, 15) is 4.57 Å². The summed E-state index contributed by atoms with van der Waals surface area (Å²) in [5, 5.41) is 0. The first-order valence-electron chi connectivity index (χ1n) is 5.02. The Hall–Kier alpha value is 0.0700. The van der Waals surface area contributed by atoms with Gasteiger partial charge in [0.05, 0.1) is 0 Å². The summed E-state index contributed by atoms with van der Waals surface area (Å²) >= 11 is 0. The number of nitrogens with zero attached hydrogens (tertiary/aromatic N) is 1. The average Bonchev–Trinajstić information content (AvgIpc) is 2.32. The molecule has 0 saturated carbocycles. The fourth-order valence-corrected chi connectivity index (χ4v) is 2.57. The summed E-state index contributed by atoms with van der Waals surface area (Å²) in [6, 6.07) is 0. The topological polar surface area (TPSA) is 64.8 Å². The molecule has 1 unspecified atom stereocenters. The molecule has 0 aromatic rings. The lowest BCUT2D eigenvalue weighted by Crippen LogP contribution is -2.29. The highest BCUT2D eigenvalue weighted by Crippen LogP contribution is 2.50. The van der Waals surface area contributed by atoms with E-state index < -0.39 is 7.75 Å². The molecular formula is C8H21N2O3P. The minimum atomic E-state index is -3.15. The molecule has 1 fully saturated rings. The molecule has 1 saturated heterocycles. The highest BCUT2D eigenvalue weighted by atomic mass is 31.2. The van der Waals surface area contributed by atoms with Crippen LogP contribution in [0.5, 0.6) is 0 Å².